The number of likely N-dealkylation sites (N-methyl/N-ethyl adjacent to an activating group) is 2. The van der Waals surface area contributed by atoms with Gasteiger partial charge in [0.25, 0.3) is 0 Å². The number of rotatable bonds is 5. The largest absolute Gasteiger partial charge is 0.480 e. The summed E-state index contributed by atoms with van der Waals surface area (Å²) in [5.74, 6) is -1.00. The van der Waals surface area contributed by atoms with Crippen LogP contribution in [0.1, 0.15) is 40.0 Å². The fraction of sp³-hybridized carbons (Fsp3) is 0.857. The highest BCUT2D eigenvalue weighted by Crippen LogP contribution is 2.18. The lowest BCUT2D eigenvalue weighted by atomic mass is 10.0. The third-order valence-corrected chi connectivity index (χ3v) is 3.82. The zero-order valence-corrected chi connectivity index (χ0v) is 12.9. The first-order valence-electron chi connectivity index (χ1n) is 7.18. The van der Waals surface area contributed by atoms with Crippen molar-refractivity contribution in [1.29, 1.82) is 0 Å². The Morgan fingerprint density at radius 3 is 2.45 bits per heavy atom. The Morgan fingerprint density at radius 2 is 2.00 bits per heavy atom. The van der Waals surface area contributed by atoms with Crippen LogP contribution in [0.15, 0.2) is 0 Å². The summed E-state index contributed by atoms with van der Waals surface area (Å²) in [6.45, 7) is 6.47. The lowest BCUT2D eigenvalue weighted by Crippen LogP contribution is -2.57. The Bertz CT molecular complexity index is 351. The van der Waals surface area contributed by atoms with E-state index in [1.165, 1.54) is 4.90 Å². The first-order chi connectivity index (χ1) is 9.30. The van der Waals surface area contributed by atoms with Gasteiger partial charge in [-0.05, 0) is 40.0 Å². The summed E-state index contributed by atoms with van der Waals surface area (Å²) in [4.78, 5) is 26.7. The van der Waals surface area contributed by atoms with Crippen LogP contribution < -0.4 is 0 Å². The van der Waals surface area contributed by atoms with Crippen molar-refractivity contribution in [2.75, 3.05) is 26.7 Å². The summed E-state index contributed by atoms with van der Waals surface area (Å²) in [6.07, 6.45) is 3.20. The molecule has 1 saturated heterocycles. The molecule has 1 unspecified atom stereocenters. The number of carbonyl (C=O) groups excluding carboxylic acids is 1. The van der Waals surface area contributed by atoms with E-state index in [-0.39, 0.29) is 12.1 Å². The highest BCUT2D eigenvalue weighted by atomic mass is 16.5. The molecule has 2 amide bonds. The van der Waals surface area contributed by atoms with Gasteiger partial charge in [-0.2, -0.15) is 0 Å². The molecule has 116 valence electrons. The maximum Gasteiger partial charge on any atom is 0.329 e. The van der Waals surface area contributed by atoms with E-state index in [1.807, 2.05) is 0 Å². The molecule has 1 atom stereocenters. The predicted molar refractivity (Wildman–Crippen MR) is 75.7 cm³/mol. The number of nitrogens with zero attached hydrogens (tertiary/aromatic N) is 2. The van der Waals surface area contributed by atoms with Crippen LogP contribution in [0, 0.1) is 0 Å². The molecule has 1 heterocycles. The molecule has 0 aliphatic carbocycles. The number of carbonyl (C=O) groups is 2. The van der Waals surface area contributed by atoms with Crippen molar-refractivity contribution < 1.29 is 19.4 Å². The summed E-state index contributed by atoms with van der Waals surface area (Å²) < 4.78 is 5.62. The fourth-order valence-electron chi connectivity index (χ4n) is 2.43. The van der Waals surface area contributed by atoms with Gasteiger partial charge in [-0.15, -0.1) is 0 Å². The number of urea groups is 1. The Hall–Kier alpha value is -1.30. The van der Waals surface area contributed by atoms with Crippen molar-refractivity contribution >= 4 is 12.0 Å². The van der Waals surface area contributed by atoms with Crippen LogP contribution in [0.5, 0.6) is 0 Å². The third-order valence-electron chi connectivity index (χ3n) is 3.82. The van der Waals surface area contributed by atoms with E-state index in [0.29, 0.717) is 13.1 Å². The first kappa shape index (κ1) is 16.8. The molecule has 0 radical (unpaired) electrons. The van der Waals surface area contributed by atoms with E-state index in [1.54, 1.807) is 32.7 Å². The molecule has 6 heteroatoms. The van der Waals surface area contributed by atoms with E-state index in [4.69, 9.17) is 4.74 Å². The minimum absolute atomic E-state index is 0.0596. The van der Waals surface area contributed by atoms with Gasteiger partial charge in [0.1, 0.15) is 5.54 Å². The average molecular weight is 286 g/mol. The van der Waals surface area contributed by atoms with Crippen molar-refractivity contribution in [3.8, 4) is 0 Å². The van der Waals surface area contributed by atoms with Crippen LogP contribution in [-0.4, -0.2) is 65.3 Å². The van der Waals surface area contributed by atoms with Crippen LogP contribution in [-0.2, 0) is 9.53 Å². The van der Waals surface area contributed by atoms with Crippen LogP contribution in [0.2, 0.25) is 0 Å². The van der Waals surface area contributed by atoms with Crippen LogP contribution in [0.25, 0.3) is 0 Å². The number of carboxylic acid groups (broad SMARTS) is 1. The van der Waals surface area contributed by atoms with Crippen LogP contribution in [0.3, 0.4) is 0 Å². The third kappa shape index (κ3) is 3.85. The molecule has 1 fully saturated rings. The van der Waals surface area contributed by atoms with Gasteiger partial charge in [-0.25, -0.2) is 9.59 Å². The van der Waals surface area contributed by atoms with Crippen LogP contribution >= 0.6 is 0 Å². The van der Waals surface area contributed by atoms with Crippen molar-refractivity contribution in [3.63, 3.8) is 0 Å². The number of hydrogen-bond acceptors (Lipinski definition) is 3. The van der Waals surface area contributed by atoms with Crippen LogP contribution in [0.4, 0.5) is 4.79 Å². The lowest BCUT2D eigenvalue weighted by molar-refractivity contribution is -0.147. The zero-order valence-electron chi connectivity index (χ0n) is 12.9. The Labute approximate surface area is 120 Å². The number of amides is 2. The normalized spacial score (nSPS) is 19.5. The second-order valence-electron chi connectivity index (χ2n) is 5.76. The van der Waals surface area contributed by atoms with Gasteiger partial charge in [0, 0.05) is 26.7 Å². The monoisotopic (exact) mass is 286 g/mol. The van der Waals surface area contributed by atoms with Crippen molar-refractivity contribution in [2.24, 2.45) is 0 Å². The summed E-state index contributed by atoms with van der Waals surface area (Å²) in [6, 6.07) is -0.269. The molecule has 1 N–H and O–H groups in total. The van der Waals surface area contributed by atoms with Gasteiger partial charge in [-0.3, -0.25) is 0 Å². The number of ether oxygens (including phenoxy) is 1. The number of hydrogen-bond donors (Lipinski definition) is 1. The van der Waals surface area contributed by atoms with Gasteiger partial charge < -0.3 is 19.6 Å². The summed E-state index contributed by atoms with van der Waals surface area (Å²) in [5, 5.41) is 9.26. The van der Waals surface area contributed by atoms with Gasteiger partial charge in [-0.1, -0.05) is 0 Å². The molecular formula is C14H26N2O4. The fourth-order valence-corrected chi connectivity index (χ4v) is 2.43. The molecule has 20 heavy (non-hydrogen) atoms. The topological polar surface area (TPSA) is 70.1 Å². The first-order valence-corrected chi connectivity index (χ1v) is 7.18. The maximum atomic E-state index is 12.4. The number of aliphatic carboxylic acids is 1. The minimum Gasteiger partial charge on any atom is -0.480 e. The van der Waals surface area contributed by atoms with Gasteiger partial charge >= 0.3 is 12.0 Å². The quantitative estimate of drug-likeness (QED) is 0.836. The zero-order chi connectivity index (χ0) is 15.3. The molecule has 1 rings (SSSR count). The smallest absolute Gasteiger partial charge is 0.329 e. The Balaban J connectivity index is 2.67. The van der Waals surface area contributed by atoms with E-state index in [0.717, 1.165) is 25.9 Å². The molecule has 0 aromatic heterocycles. The summed E-state index contributed by atoms with van der Waals surface area (Å²) in [7, 11) is 1.70. The molecule has 0 saturated carbocycles. The molecule has 0 aromatic rings. The average Bonchev–Trinajstić information content (AvgIpc) is 2.40. The molecule has 1 aliphatic rings. The van der Waals surface area contributed by atoms with Crippen molar-refractivity contribution in [3.05, 3.63) is 0 Å². The number of carboxylic acids is 1. The minimum atomic E-state index is -1.21. The van der Waals surface area contributed by atoms with Gasteiger partial charge in [0.2, 0.25) is 0 Å². The van der Waals surface area contributed by atoms with E-state index in [2.05, 4.69) is 0 Å². The van der Waals surface area contributed by atoms with Gasteiger partial charge in [0.15, 0.2) is 0 Å². The predicted octanol–water partition coefficient (Wildman–Crippen LogP) is 1.79. The summed E-state index contributed by atoms with van der Waals surface area (Å²) >= 11 is 0. The second kappa shape index (κ2) is 6.92. The van der Waals surface area contributed by atoms with Crippen molar-refractivity contribution in [2.45, 2.75) is 51.7 Å². The Kier molecular flexibility index (Phi) is 5.80. The molecule has 6 nitrogen and oxygen atoms in total. The highest BCUT2D eigenvalue weighted by molar-refractivity contribution is 5.85. The molecule has 1 aliphatic heterocycles. The summed E-state index contributed by atoms with van der Waals surface area (Å²) in [5.41, 5.74) is -1.21. The van der Waals surface area contributed by atoms with E-state index >= 15 is 0 Å². The molecule has 0 aromatic carbocycles. The highest BCUT2D eigenvalue weighted by Gasteiger charge is 2.38. The molecule has 0 bridgehead atoms. The molecule has 0 spiro atoms. The standard InChI is InChI=1S/C14H26N2O4/c1-5-16(14(2,3)12(17)18)13(19)15(4)10-11-8-6-7-9-20-11/h11H,5-10H2,1-4H3,(H,17,18). The maximum absolute atomic E-state index is 12.4. The second-order valence-corrected chi connectivity index (χ2v) is 5.76. The lowest BCUT2D eigenvalue weighted by Gasteiger charge is -2.38. The van der Waals surface area contributed by atoms with Gasteiger partial charge in [0.05, 0.1) is 6.10 Å². The van der Waals surface area contributed by atoms with E-state index < -0.39 is 11.5 Å². The SMILES string of the molecule is CCN(C(=O)N(C)CC1CCCCO1)C(C)(C)C(=O)O. The Morgan fingerprint density at radius 1 is 1.35 bits per heavy atom. The van der Waals surface area contributed by atoms with Crippen molar-refractivity contribution in [1.82, 2.24) is 9.80 Å². The van der Waals surface area contributed by atoms with E-state index in [9.17, 15) is 14.7 Å². The molecular weight excluding hydrogens is 260 g/mol.